The Bertz CT molecular complexity index is 513. The van der Waals surface area contributed by atoms with Crippen molar-refractivity contribution in [3.05, 3.63) is 24.0 Å². The second-order valence-corrected chi connectivity index (χ2v) is 7.39. The minimum atomic E-state index is -2.88. The Labute approximate surface area is 109 Å². The van der Waals surface area contributed by atoms with Crippen molar-refractivity contribution in [3.63, 3.8) is 0 Å². The van der Waals surface area contributed by atoms with Crippen LogP contribution in [0.5, 0.6) is 0 Å². The molecule has 0 spiro atoms. The molecule has 0 aromatic carbocycles. The normalized spacial score (nSPS) is 21.0. The van der Waals surface area contributed by atoms with Crippen LogP contribution in [0.1, 0.15) is 18.4 Å². The number of rotatable bonds is 3. The van der Waals surface area contributed by atoms with Gasteiger partial charge in [0.2, 0.25) is 0 Å². The maximum atomic E-state index is 11.4. The molecule has 0 bridgehead atoms. The van der Waals surface area contributed by atoms with Crippen LogP contribution >= 0.6 is 0 Å². The number of nitrogens with zero attached hydrogens (tertiary/aromatic N) is 2. The lowest BCUT2D eigenvalue weighted by Crippen LogP contribution is -2.38. The molecule has 1 unspecified atom stereocenters. The summed E-state index contributed by atoms with van der Waals surface area (Å²) in [5, 5.41) is 0. The molecule has 0 radical (unpaired) electrons. The number of hydrogen-bond donors (Lipinski definition) is 0. The fraction of sp³-hybridized carbons (Fsp3) is 0.615. The fourth-order valence-corrected chi connectivity index (χ4v) is 3.80. The molecule has 0 saturated carbocycles. The number of aryl methyl sites for hydroxylation is 1. The van der Waals surface area contributed by atoms with Crippen LogP contribution in [0.25, 0.3) is 0 Å². The number of aromatic nitrogens is 1. The average Bonchev–Trinajstić information content (AvgIpc) is 2.27. The second-order valence-electron chi connectivity index (χ2n) is 5.21. The largest absolute Gasteiger partial charge is 0.371 e. The Balaban J connectivity index is 2.10. The van der Waals surface area contributed by atoms with Crippen LogP contribution in [0.4, 0.5) is 5.69 Å². The van der Waals surface area contributed by atoms with Crippen molar-refractivity contribution in [1.82, 2.24) is 4.98 Å². The van der Waals surface area contributed by atoms with E-state index in [0.717, 1.165) is 31.5 Å². The number of piperidine rings is 1. The third-order valence-corrected chi connectivity index (χ3v) is 4.47. The first-order chi connectivity index (χ1) is 8.46. The maximum absolute atomic E-state index is 11.4. The molecule has 4 nitrogen and oxygen atoms in total. The highest BCUT2D eigenvalue weighted by molar-refractivity contribution is 7.90. The molecular weight excluding hydrogens is 248 g/mol. The van der Waals surface area contributed by atoms with Crippen LogP contribution < -0.4 is 4.90 Å². The molecule has 1 aromatic heterocycles. The Morgan fingerprint density at radius 1 is 1.50 bits per heavy atom. The first-order valence-electron chi connectivity index (χ1n) is 6.29. The minimum absolute atomic E-state index is 0.251. The van der Waals surface area contributed by atoms with Gasteiger partial charge < -0.3 is 4.90 Å². The van der Waals surface area contributed by atoms with Gasteiger partial charge in [-0.2, -0.15) is 0 Å². The van der Waals surface area contributed by atoms with Crippen LogP contribution in [0.2, 0.25) is 0 Å². The van der Waals surface area contributed by atoms with Gasteiger partial charge in [0, 0.05) is 37.4 Å². The standard InChI is InChI=1S/C13H20N2O2S/c1-11-8-14-6-5-13(11)15-7-3-4-12(9-15)10-18(2,16)17/h5-6,8,12H,3-4,7,9-10H2,1-2H3. The van der Waals surface area contributed by atoms with Gasteiger partial charge in [-0.05, 0) is 37.3 Å². The highest BCUT2D eigenvalue weighted by Gasteiger charge is 2.23. The summed E-state index contributed by atoms with van der Waals surface area (Å²) in [7, 11) is -2.88. The van der Waals surface area contributed by atoms with Crippen molar-refractivity contribution in [2.24, 2.45) is 5.92 Å². The predicted octanol–water partition coefficient (Wildman–Crippen LogP) is 1.65. The summed E-state index contributed by atoms with van der Waals surface area (Å²) in [5.74, 6) is 0.550. The van der Waals surface area contributed by atoms with Gasteiger partial charge in [-0.25, -0.2) is 8.42 Å². The third kappa shape index (κ3) is 3.45. The predicted molar refractivity (Wildman–Crippen MR) is 73.6 cm³/mol. The van der Waals surface area contributed by atoms with E-state index < -0.39 is 9.84 Å². The highest BCUT2D eigenvalue weighted by atomic mass is 32.2. The molecule has 0 N–H and O–H groups in total. The summed E-state index contributed by atoms with van der Waals surface area (Å²) in [4.78, 5) is 6.38. The zero-order valence-corrected chi connectivity index (χ0v) is 11.8. The summed E-state index contributed by atoms with van der Waals surface area (Å²) in [5.41, 5.74) is 2.33. The zero-order chi connectivity index (χ0) is 13.2. The van der Waals surface area contributed by atoms with Crippen LogP contribution in [0.15, 0.2) is 18.5 Å². The molecule has 2 rings (SSSR count). The molecule has 18 heavy (non-hydrogen) atoms. The van der Waals surface area contributed by atoms with E-state index in [-0.39, 0.29) is 5.92 Å². The molecule has 1 atom stereocenters. The van der Waals surface area contributed by atoms with Crippen LogP contribution in [-0.4, -0.2) is 38.5 Å². The molecule has 100 valence electrons. The van der Waals surface area contributed by atoms with E-state index in [2.05, 4.69) is 9.88 Å². The maximum Gasteiger partial charge on any atom is 0.147 e. The fourth-order valence-electron chi connectivity index (χ4n) is 2.67. The lowest BCUT2D eigenvalue weighted by atomic mass is 9.99. The van der Waals surface area contributed by atoms with E-state index in [1.165, 1.54) is 11.9 Å². The van der Waals surface area contributed by atoms with Gasteiger partial charge >= 0.3 is 0 Å². The van der Waals surface area contributed by atoms with Crippen molar-refractivity contribution in [1.29, 1.82) is 0 Å². The SMILES string of the molecule is Cc1cnccc1N1CCCC(CS(C)(=O)=O)C1. The molecule has 1 aliphatic heterocycles. The molecule has 0 amide bonds. The molecule has 0 aliphatic carbocycles. The number of pyridine rings is 1. The summed E-state index contributed by atoms with van der Waals surface area (Å²) in [6, 6.07) is 2.01. The first kappa shape index (κ1) is 13.3. The Morgan fingerprint density at radius 3 is 2.94 bits per heavy atom. The van der Waals surface area contributed by atoms with Gasteiger partial charge in [0.1, 0.15) is 9.84 Å². The molecule has 1 fully saturated rings. The summed E-state index contributed by atoms with van der Waals surface area (Å²) in [6.45, 7) is 3.88. The van der Waals surface area contributed by atoms with E-state index in [9.17, 15) is 8.42 Å². The molecule has 1 saturated heterocycles. The van der Waals surface area contributed by atoms with Gasteiger partial charge in [-0.1, -0.05) is 0 Å². The second kappa shape index (κ2) is 5.26. The van der Waals surface area contributed by atoms with E-state index >= 15 is 0 Å². The highest BCUT2D eigenvalue weighted by Crippen LogP contribution is 2.25. The zero-order valence-electron chi connectivity index (χ0n) is 11.0. The van der Waals surface area contributed by atoms with Crippen molar-refractivity contribution in [2.45, 2.75) is 19.8 Å². The Hall–Kier alpha value is -1.10. The lowest BCUT2D eigenvalue weighted by molar-refractivity contribution is 0.444. The minimum Gasteiger partial charge on any atom is -0.371 e. The molecule has 2 heterocycles. The summed E-state index contributed by atoms with van der Waals surface area (Å²) < 4.78 is 22.8. The Kier molecular flexibility index (Phi) is 3.90. The number of sulfone groups is 1. The Morgan fingerprint density at radius 2 is 2.28 bits per heavy atom. The van der Waals surface area contributed by atoms with Gasteiger partial charge in [-0.3, -0.25) is 4.98 Å². The van der Waals surface area contributed by atoms with E-state index in [0.29, 0.717) is 5.75 Å². The number of hydrogen-bond acceptors (Lipinski definition) is 4. The lowest BCUT2D eigenvalue weighted by Gasteiger charge is -2.34. The van der Waals surface area contributed by atoms with Gasteiger partial charge in [0.25, 0.3) is 0 Å². The van der Waals surface area contributed by atoms with Crippen molar-refractivity contribution < 1.29 is 8.42 Å². The van der Waals surface area contributed by atoms with Gasteiger partial charge in [-0.15, -0.1) is 0 Å². The van der Waals surface area contributed by atoms with E-state index in [4.69, 9.17) is 0 Å². The van der Waals surface area contributed by atoms with Crippen molar-refractivity contribution >= 4 is 15.5 Å². The van der Waals surface area contributed by atoms with Crippen molar-refractivity contribution in [3.8, 4) is 0 Å². The van der Waals surface area contributed by atoms with Crippen LogP contribution in [-0.2, 0) is 9.84 Å². The van der Waals surface area contributed by atoms with Crippen LogP contribution in [0.3, 0.4) is 0 Å². The monoisotopic (exact) mass is 268 g/mol. The quantitative estimate of drug-likeness (QED) is 0.836. The van der Waals surface area contributed by atoms with Gasteiger partial charge in [0.05, 0.1) is 5.75 Å². The van der Waals surface area contributed by atoms with Gasteiger partial charge in [0.15, 0.2) is 0 Å². The third-order valence-electron chi connectivity index (χ3n) is 3.39. The first-order valence-corrected chi connectivity index (χ1v) is 8.35. The molecular formula is C13H20N2O2S. The topological polar surface area (TPSA) is 50.3 Å². The smallest absolute Gasteiger partial charge is 0.147 e. The van der Waals surface area contributed by atoms with E-state index in [1.54, 1.807) is 6.20 Å². The van der Waals surface area contributed by atoms with E-state index in [1.807, 2.05) is 19.2 Å². The number of anilines is 1. The molecule has 1 aromatic rings. The van der Waals surface area contributed by atoms with Crippen molar-refractivity contribution in [2.75, 3.05) is 30.0 Å². The average molecular weight is 268 g/mol. The summed E-state index contributed by atoms with van der Waals surface area (Å²) >= 11 is 0. The molecule has 5 heteroatoms. The summed E-state index contributed by atoms with van der Waals surface area (Å²) in [6.07, 6.45) is 7.04. The van der Waals surface area contributed by atoms with Crippen LogP contribution in [0, 0.1) is 12.8 Å². The molecule has 1 aliphatic rings.